The minimum atomic E-state index is -0.214. The van der Waals surface area contributed by atoms with Crippen molar-refractivity contribution in [2.75, 3.05) is 6.61 Å². The molecule has 0 unspecified atom stereocenters. The van der Waals surface area contributed by atoms with Crippen LogP contribution in [0.3, 0.4) is 0 Å². The number of hydrogen-bond donors (Lipinski definition) is 0. The summed E-state index contributed by atoms with van der Waals surface area (Å²) in [6, 6.07) is 2.25. The summed E-state index contributed by atoms with van der Waals surface area (Å²) in [6.45, 7) is 5.07. The first-order valence-electron chi connectivity index (χ1n) is 2.81. The van der Waals surface area contributed by atoms with Crippen LogP contribution in [0.2, 0.25) is 0 Å². The Kier molecular flexibility index (Phi) is 6.33. The second kappa shape index (κ2) is 6.18. The molecular weight excluding hydrogens is 104 g/mol. The minimum absolute atomic E-state index is 0.214. The number of rotatable bonds is 4. The lowest BCUT2D eigenvalue weighted by Gasteiger charge is -1.93. The van der Waals surface area contributed by atoms with E-state index in [4.69, 9.17) is 4.43 Å². The van der Waals surface area contributed by atoms with E-state index >= 15 is 0 Å². The molecule has 1 radical (unpaired) electrons. The van der Waals surface area contributed by atoms with E-state index in [0.717, 1.165) is 6.61 Å². The van der Waals surface area contributed by atoms with Gasteiger partial charge in [0.1, 0.15) is 0 Å². The predicted molar refractivity (Wildman–Crippen MR) is 34.8 cm³/mol. The molecule has 0 heterocycles. The second-order valence-corrected chi connectivity index (χ2v) is 2.68. The molecule has 0 aromatic heterocycles. The molecule has 1 nitrogen and oxygen atoms in total. The molecule has 0 aliphatic carbocycles. The van der Waals surface area contributed by atoms with Crippen LogP contribution in [0.25, 0.3) is 0 Å². The Labute approximate surface area is 48.0 Å². The van der Waals surface area contributed by atoms with Gasteiger partial charge in [-0.1, -0.05) is 13.3 Å². The van der Waals surface area contributed by atoms with Crippen LogP contribution >= 0.6 is 0 Å². The van der Waals surface area contributed by atoms with Crippen LogP contribution in [-0.4, -0.2) is 16.4 Å². The summed E-state index contributed by atoms with van der Waals surface area (Å²) in [7, 11) is -0.214. The zero-order valence-electron chi connectivity index (χ0n) is 5.11. The van der Waals surface area contributed by atoms with Gasteiger partial charge in [0.2, 0.25) is 0 Å². The highest BCUT2D eigenvalue weighted by Gasteiger charge is 1.81. The van der Waals surface area contributed by atoms with Crippen LogP contribution in [0.1, 0.15) is 20.3 Å². The highest BCUT2D eigenvalue weighted by atomic mass is 28.2. The topological polar surface area (TPSA) is 9.23 Å². The van der Waals surface area contributed by atoms with Crippen molar-refractivity contribution in [3.8, 4) is 0 Å². The van der Waals surface area contributed by atoms with E-state index in [1.807, 2.05) is 6.92 Å². The lowest BCUT2D eigenvalue weighted by Crippen LogP contribution is -1.97. The molecular formula is C5H13OSi. The highest BCUT2D eigenvalue weighted by molar-refractivity contribution is 6.32. The first-order valence-corrected chi connectivity index (χ1v) is 4.20. The summed E-state index contributed by atoms with van der Waals surface area (Å²) in [5.74, 6) is 0. The van der Waals surface area contributed by atoms with Crippen LogP contribution < -0.4 is 0 Å². The van der Waals surface area contributed by atoms with Gasteiger partial charge in [-0.05, 0) is 13.0 Å². The van der Waals surface area contributed by atoms with E-state index < -0.39 is 0 Å². The van der Waals surface area contributed by atoms with Crippen molar-refractivity contribution >= 4 is 9.76 Å². The van der Waals surface area contributed by atoms with Gasteiger partial charge in [0, 0.05) is 6.61 Å². The summed E-state index contributed by atoms with van der Waals surface area (Å²) in [6.07, 6.45) is 1.17. The molecule has 0 aromatic rings. The fraction of sp³-hybridized carbons (Fsp3) is 0.800. The van der Waals surface area contributed by atoms with Crippen LogP contribution in [0, 0.1) is 6.04 Å². The van der Waals surface area contributed by atoms with Gasteiger partial charge in [0.25, 0.3) is 0 Å². The Hall–Kier alpha value is 0.177. The summed E-state index contributed by atoms with van der Waals surface area (Å²) < 4.78 is 5.16. The zero-order chi connectivity index (χ0) is 5.54. The molecule has 0 amide bonds. The molecule has 0 atom stereocenters. The van der Waals surface area contributed by atoms with Gasteiger partial charge < -0.3 is 4.43 Å². The molecule has 0 N–H and O–H groups in total. The maximum absolute atomic E-state index is 5.16. The van der Waals surface area contributed by atoms with Crippen LogP contribution in [0.4, 0.5) is 0 Å². The van der Waals surface area contributed by atoms with Crippen molar-refractivity contribution in [1.29, 1.82) is 0 Å². The highest BCUT2D eigenvalue weighted by Crippen LogP contribution is 1.80. The van der Waals surface area contributed by atoms with Gasteiger partial charge in [-0.2, -0.15) is 0 Å². The maximum Gasteiger partial charge on any atom is 0.164 e. The first kappa shape index (κ1) is 7.18. The molecule has 43 valence electrons. The third kappa shape index (κ3) is 6.18. The van der Waals surface area contributed by atoms with Gasteiger partial charge in [0.05, 0.1) is 0 Å². The smallest absolute Gasteiger partial charge is 0.164 e. The van der Waals surface area contributed by atoms with E-state index in [1.165, 1.54) is 6.42 Å². The standard InChI is InChI=1S/C5H13OSi/c1-3-5-7-6-4-2/h5H,3-4,7H2,1-2H3. The van der Waals surface area contributed by atoms with Crippen molar-refractivity contribution in [3.63, 3.8) is 0 Å². The minimum Gasteiger partial charge on any atom is -0.424 e. The molecule has 0 aliphatic rings. The molecule has 0 saturated carbocycles. The van der Waals surface area contributed by atoms with Crippen LogP contribution in [-0.2, 0) is 4.43 Å². The van der Waals surface area contributed by atoms with Gasteiger partial charge in [-0.15, -0.1) is 0 Å². The van der Waals surface area contributed by atoms with E-state index in [9.17, 15) is 0 Å². The number of hydrogen-bond acceptors (Lipinski definition) is 1. The van der Waals surface area contributed by atoms with E-state index in [-0.39, 0.29) is 9.76 Å². The van der Waals surface area contributed by atoms with Gasteiger partial charge >= 0.3 is 0 Å². The third-order valence-corrected chi connectivity index (χ3v) is 2.19. The summed E-state index contributed by atoms with van der Waals surface area (Å²) in [4.78, 5) is 0. The molecule has 0 rings (SSSR count). The monoisotopic (exact) mass is 117 g/mol. The van der Waals surface area contributed by atoms with Crippen molar-refractivity contribution in [2.24, 2.45) is 0 Å². The van der Waals surface area contributed by atoms with Gasteiger partial charge in [-0.25, -0.2) is 0 Å². The maximum atomic E-state index is 5.16. The van der Waals surface area contributed by atoms with E-state index in [0.29, 0.717) is 0 Å². The average molecular weight is 117 g/mol. The van der Waals surface area contributed by atoms with Crippen LogP contribution in [0.15, 0.2) is 0 Å². The molecule has 0 bridgehead atoms. The first-order chi connectivity index (χ1) is 3.41. The molecule has 7 heavy (non-hydrogen) atoms. The van der Waals surface area contributed by atoms with Crippen molar-refractivity contribution < 1.29 is 4.43 Å². The third-order valence-electron chi connectivity index (χ3n) is 0.729. The van der Waals surface area contributed by atoms with Crippen LogP contribution in [0.5, 0.6) is 0 Å². The molecule has 0 aromatic carbocycles. The molecule has 0 aliphatic heterocycles. The second-order valence-electron chi connectivity index (χ2n) is 1.36. The lowest BCUT2D eigenvalue weighted by molar-refractivity contribution is 0.364. The van der Waals surface area contributed by atoms with E-state index in [1.54, 1.807) is 0 Å². The summed E-state index contributed by atoms with van der Waals surface area (Å²) >= 11 is 0. The normalized spacial score (nSPS) is 11.1. The predicted octanol–water partition coefficient (Wildman–Crippen LogP) is 0.678. The Morgan fingerprint density at radius 3 is 2.71 bits per heavy atom. The molecule has 0 saturated heterocycles. The van der Waals surface area contributed by atoms with E-state index in [2.05, 4.69) is 13.0 Å². The van der Waals surface area contributed by atoms with Crippen molar-refractivity contribution in [1.82, 2.24) is 0 Å². The zero-order valence-corrected chi connectivity index (χ0v) is 6.52. The fourth-order valence-corrected chi connectivity index (χ4v) is 0.957. The SMILES string of the molecule is CC[CH][SiH2]OCC. The summed E-state index contributed by atoms with van der Waals surface area (Å²) in [5, 5.41) is 0. The van der Waals surface area contributed by atoms with Gasteiger partial charge in [-0.3, -0.25) is 0 Å². The van der Waals surface area contributed by atoms with Crippen molar-refractivity contribution in [3.05, 3.63) is 6.04 Å². The Morgan fingerprint density at radius 2 is 2.29 bits per heavy atom. The Morgan fingerprint density at radius 1 is 1.57 bits per heavy atom. The fourth-order valence-electron chi connectivity index (χ4n) is 0.319. The largest absolute Gasteiger partial charge is 0.424 e. The summed E-state index contributed by atoms with van der Waals surface area (Å²) in [5.41, 5.74) is 0. The Bertz CT molecular complexity index is 27.3. The van der Waals surface area contributed by atoms with Gasteiger partial charge in [0.15, 0.2) is 9.76 Å². The molecule has 0 fully saturated rings. The molecule has 0 spiro atoms. The quantitative estimate of drug-likeness (QED) is 0.388. The molecule has 2 heteroatoms. The average Bonchev–Trinajstić information content (AvgIpc) is 1.69. The lowest BCUT2D eigenvalue weighted by atomic mass is 10.6. The Balaban J connectivity index is 2.45. The van der Waals surface area contributed by atoms with Crippen molar-refractivity contribution in [2.45, 2.75) is 20.3 Å².